The average Bonchev–Trinajstić information content (AvgIpc) is 2.60. The Morgan fingerprint density at radius 1 is 1.53 bits per heavy atom. The molecular formula is C11H18N2O2. The van der Waals surface area contributed by atoms with Crippen LogP contribution in [-0.4, -0.2) is 33.9 Å². The molecule has 2 rings (SSSR count). The molecule has 1 fully saturated rings. The highest BCUT2D eigenvalue weighted by atomic mass is 16.5. The van der Waals surface area contributed by atoms with Crippen molar-refractivity contribution in [3.63, 3.8) is 0 Å². The Kier molecular flexibility index (Phi) is 3.07. The minimum atomic E-state index is -0.490. The number of rotatable bonds is 2. The van der Waals surface area contributed by atoms with Gasteiger partial charge in [0.2, 0.25) is 0 Å². The molecule has 0 saturated carbocycles. The van der Waals surface area contributed by atoms with Gasteiger partial charge >= 0.3 is 0 Å². The fourth-order valence-electron chi connectivity index (χ4n) is 2.02. The van der Waals surface area contributed by atoms with Crippen LogP contribution in [0.2, 0.25) is 0 Å². The second-order valence-electron chi connectivity index (χ2n) is 4.61. The molecule has 1 aliphatic heterocycles. The fourth-order valence-corrected chi connectivity index (χ4v) is 2.02. The maximum atomic E-state index is 9.94. The summed E-state index contributed by atoms with van der Waals surface area (Å²) in [7, 11) is 0. The Hall–Kier alpha value is -0.870. The van der Waals surface area contributed by atoms with E-state index in [1.807, 2.05) is 13.0 Å². The predicted molar refractivity (Wildman–Crippen MR) is 56.3 cm³/mol. The summed E-state index contributed by atoms with van der Waals surface area (Å²) in [6.07, 6.45) is 4.44. The van der Waals surface area contributed by atoms with E-state index < -0.39 is 5.60 Å². The topological polar surface area (TPSA) is 49.5 Å². The van der Waals surface area contributed by atoms with Crippen molar-refractivity contribution in [2.45, 2.75) is 38.3 Å². The summed E-state index contributed by atoms with van der Waals surface area (Å²) in [5.41, 5.74) is -0.490. The number of likely N-dealkylation sites (tertiary alicyclic amines) is 1. The molecule has 0 amide bonds. The minimum absolute atomic E-state index is 0.490. The van der Waals surface area contributed by atoms with Crippen molar-refractivity contribution in [2.75, 3.05) is 13.1 Å². The van der Waals surface area contributed by atoms with Gasteiger partial charge in [-0.25, -0.2) is 0 Å². The van der Waals surface area contributed by atoms with Crippen LogP contribution in [0.3, 0.4) is 0 Å². The number of nitrogens with zero attached hydrogens (tertiary/aromatic N) is 2. The average molecular weight is 210 g/mol. The summed E-state index contributed by atoms with van der Waals surface area (Å²) >= 11 is 0. The van der Waals surface area contributed by atoms with Gasteiger partial charge in [-0.05, 0) is 32.7 Å². The van der Waals surface area contributed by atoms with E-state index in [9.17, 15) is 5.11 Å². The zero-order valence-electron chi connectivity index (χ0n) is 9.15. The van der Waals surface area contributed by atoms with Crippen molar-refractivity contribution in [3.8, 4) is 0 Å². The molecule has 0 radical (unpaired) electrons. The molecule has 0 aliphatic carbocycles. The monoisotopic (exact) mass is 210 g/mol. The Balaban J connectivity index is 1.89. The first-order chi connectivity index (χ1) is 7.16. The first-order valence-electron chi connectivity index (χ1n) is 5.50. The number of aliphatic hydroxyl groups is 1. The van der Waals surface area contributed by atoms with E-state index in [1.54, 1.807) is 6.20 Å². The third-order valence-corrected chi connectivity index (χ3v) is 3.03. The SMILES string of the molecule is CC1(O)CCCN(Cc2ccno2)CC1. The van der Waals surface area contributed by atoms with Gasteiger partial charge in [0, 0.05) is 12.6 Å². The Morgan fingerprint density at radius 2 is 2.40 bits per heavy atom. The van der Waals surface area contributed by atoms with Gasteiger partial charge in [0.05, 0.1) is 18.3 Å². The van der Waals surface area contributed by atoms with Gasteiger partial charge in [-0.2, -0.15) is 0 Å². The van der Waals surface area contributed by atoms with Gasteiger partial charge in [-0.15, -0.1) is 0 Å². The lowest BCUT2D eigenvalue weighted by atomic mass is 9.98. The molecule has 84 valence electrons. The van der Waals surface area contributed by atoms with Gasteiger partial charge in [0.15, 0.2) is 5.76 Å². The summed E-state index contributed by atoms with van der Waals surface area (Å²) in [5.74, 6) is 0.900. The maximum Gasteiger partial charge on any atom is 0.150 e. The molecule has 0 aromatic carbocycles. The largest absolute Gasteiger partial charge is 0.390 e. The van der Waals surface area contributed by atoms with Crippen LogP contribution in [0.25, 0.3) is 0 Å². The summed E-state index contributed by atoms with van der Waals surface area (Å²) in [6, 6.07) is 1.89. The summed E-state index contributed by atoms with van der Waals surface area (Å²) < 4.78 is 5.07. The van der Waals surface area contributed by atoms with Gasteiger partial charge in [0.1, 0.15) is 0 Å². The molecular weight excluding hydrogens is 192 g/mol. The van der Waals surface area contributed by atoms with Crippen LogP contribution in [0.15, 0.2) is 16.8 Å². The van der Waals surface area contributed by atoms with Crippen LogP contribution in [0.4, 0.5) is 0 Å². The third-order valence-electron chi connectivity index (χ3n) is 3.03. The molecule has 1 aliphatic rings. The molecule has 0 spiro atoms. The third kappa shape index (κ3) is 3.04. The zero-order chi connectivity index (χ0) is 10.7. The van der Waals surface area contributed by atoms with Gasteiger partial charge in [0.25, 0.3) is 0 Å². The van der Waals surface area contributed by atoms with Gasteiger partial charge < -0.3 is 9.63 Å². The van der Waals surface area contributed by atoms with E-state index in [0.29, 0.717) is 0 Å². The fraction of sp³-hybridized carbons (Fsp3) is 0.727. The molecule has 1 aromatic heterocycles. The zero-order valence-corrected chi connectivity index (χ0v) is 9.15. The van der Waals surface area contributed by atoms with Crippen molar-refractivity contribution in [1.29, 1.82) is 0 Å². The first-order valence-corrected chi connectivity index (χ1v) is 5.50. The normalized spacial score (nSPS) is 28.9. The summed E-state index contributed by atoms with van der Waals surface area (Å²) in [6.45, 7) is 4.67. The lowest BCUT2D eigenvalue weighted by Gasteiger charge is -2.21. The van der Waals surface area contributed by atoms with Gasteiger partial charge in [-0.1, -0.05) is 5.16 Å². The Morgan fingerprint density at radius 3 is 3.13 bits per heavy atom. The molecule has 15 heavy (non-hydrogen) atoms. The second kappa shape index (κ2) is 4.33. The van der Waals surface area contributed by atoms with Crippen molar-refractivity contribution in [1.82, 2.24) is 10.1 Å². The van der Waals surface area contributed by atoms with Crippen molar-refractivity contribution in [2.24, 2.45) is 0 Å². The Bertz CT molecular complexity index is 296. The predicted octanol–water partition coefficient (Wildman–Crippen LogP) is 1.41. The van der Waals surface area contributed by atoms with Crippen LogP contribution in [0.1, 0.15) is 31.9 Å². The van der Waals surface area contributed by atoms with Crippen LogP contribution < -0.4 is 0 Å². The highest BCUT2D eigenvalue weighted by Gasteiger charge is 2.25. The standard InChI is InChI=1S/C11H18N2O2/c1-11(14)4-2-7-13(8-5-11)9-10-3-6-12-15-10/h3,6,14H,2,4-5,7-9H2,1H3. The number of hydrogen-bond donors (Lipinski definition) is 1. The van der Waals surface area contributed by atoms with E-state index in [2.05, 4.69) is 10.1 Å². The van der Waals surface area contributed by atoms with E-state index in [1.165, 1.54) is 0 Å². The van der Waals surface area contributed by atoms with Gasteiger partial charge in [-0.3, -0.25) is 4.90 Å². The lowest BCUT2D eigenvalue weighted by Crippen LogP contribution is -2.28. The van der Waals surface area contributed by atoms with Crippen LogP contribution >= 0.6 is 0 Å². The van der Waals surface area contributed by atoms with E-state index in [0.717, 1.165) is 44.7 Å². The van der Waals surface area contributed by atoms with Crippen LogP contribution in [0, 0.1) is 0 Å². The summed E-state index contributed by atoms with van der Waals surface area (Å²) in [4.78, 5) is 2.31. The summed E-state index contributed by atoms with van der Waals surface area (Å²) in [5, 5.41) is 13.6. The molecule has 1 atom stereocenters. The molecule has 1 saturated heterocycles. The maximum absolute atomic E-state index is 9.94. The second-order valence-corrected chi connectivity index (χ2v) is 4.61. The Labute approximate surface area is 89.9 Å². The van der Waals surface area contributed by atoms with E-state index in [4.69, 9.17) is 4.52 Å². The van der Waals surface area contributed by atoms with Crippen LogP contribution in [0.5, 0.6) is 0 Å². The molecule has 1 aromatic rings. The molecule has 4 nitrogen and oxygen atoms in total. The first kappa shape index (κ1) is 10.6. The molecule has 1 N–H and O–H groups in total. The number of aromatic nitrogens is 1. The molecule has 2 heterocycles. The minimum Gasteiger partial charge on any atom is -0.390 e. The van der Waals surface area contributed by atoms with Crippen molar-refractivity contribution >= 4 is 0 Å². The molecule has 0 bridgehead atoms. The van der Waals surface area contributed by atoms with E-state index >= 15 is 0 Å². The lowest BCUT2D eigenvalue weighted by molar-refractivity contribution is 0.0441. The molecule has 4 heteroatoms. The quantitative estimate of drug-likeness (QED) is 0.802. The van der Waals surface area contributed by atoms with E-state index in [-0.39, 0.29) is 0 Å². The van der Waals surface area contributed by atoms with Crippen molar-refractivity contribution in [3.05, 3.63) is 18.0 Å². The number of hydrogen-bond acceptors (Lipinski definition) is 4. The van der Waals surface area contributed by atoms with Crippen molar-refractivity contribution < 1.29 is 9.63 Å². The highest BCUT2D eigenvalue weighted by molar-refractivity contribution is 4.93. The van der Waals surface area contributed by atoms with Crippen LogP contribution in [-0.2, 0) is 6.54 Å². The smallest absolute Gasteiger partial charge is 0.150 e. The molecule has 1 unspecified atom stereocenters. The highest BCUT2D eigenvalue weighted by Crippen LogP contribution is 2.22.